The summed E-state index contributed by atoms with van der Waals surface area (Å²) in [5.41, 5.74) is 6.99. The lowest BCUT2D eigenvalue weighted by atomic mass is 10.2. The van der Waals surface area contributed by atoms with Gasteiger partial charge in [-0.2, -0.15) is 9.97 Å². The maximum atomic E-state index is 5.98. The summed E-state index contributed by atoms with van der Waals surface area (Å²) >= 11 is 0. The lowest BCUT2D eigenvalue weighted by molar-refractivity contribution is 0.0948. The summed E-state index contributed by atoms with van der Waals surface area (Å²) in [7, 11) is 2.19. The fourth-order valence-electron chi connectivity index (χ4n) is 3.71. The number of likely N-dealkylation sites (N-methyl/N-ethyl adjacent to an activating group) is 1. The number of oxime groups is 1. The molecule has 8 nitrogen and oxygen atoms in total. The largest absolute Gasteiger partial charge is 0.390 e. The van der Waals surface area contributed by atoms with Crippen molar-refractivity contribution in [1.82, 2.24) is 14.9 Å². The van der Waals surface area contributed by atoms with E-state index in [1.807, 2.05) is 13.0 Å². The summed E-state index contributed by atoms with van der Waals surface area (Å²) < 4.78 is 0. The van der Waals surface area contributed by atoms with Crippen LogP contribution in [0.3, 0.4) is 0 Å². The second-order valence-electron chi connectivity index (χ2n) is 6.75. The number of piperazine rings is 1. The van der Waals surface area contributed by atoms with Crippen LogP contribution in [-0.4, -0.2) is 65.4 Å². The molecule has 0 aliphatic carbocycles. The number of hydrogen-bond acceptors (Lipinski definition) is 8. The number of nitrogens with two attached hydrogens (primary N) is 1. The number of nitrogen functional groups attached to an aromatic ring is 1. The smallest absolute Gasteiger partial charge is 0.226 e. The molecule has 8 heteroatoms. The molecule has 124 valence electrons. The average Bonchev–Trinajstić information content (AvgIpc) is 3.19. The fourth-order valence-corrected chi connectivity index (χ4v) is 3.71. The third-order valence-corrected chi connectivity index (χ3v) is 4.91. The summed E-state index contributed by atoms with van der Waals surface area (Å²) in [6.45, 7) is 4.69. The maximum absolute atomic E-state index is 5.98. The number of aromatic nitrogens is 2. The molecule has 0 radical (unpaired) electrons. The molecule has 0 amide bonds. The molecule has 4 heterocycles. The summed E-state index contributed by atoms with van der Waals surface area (Å²) in [6.07, 6.45) is 2.08. The second kappa shape index (κ2) is 5.52. The van der Waals surface area contributed by atoms with Gasteiger partial charge < -0.3 is 20.8 Å². The Hall–Kier alpha value is -2.09. The van der Waals surface area contributed by atoms with Gasteiger partial charge in [-0.3, -0.25) is 4.90 Å². The highest BCUT2D eigenvalue weighted by atomic mass is 16.6. The molecule has 1 aromatic heterocycles. The van der Waals surface area contributed by atoms with Gasteiger partial charge in [0.2, 0.25) is 5.95 Å². The van der Waals surface area contributed by atoms with Gasteiger partial charge in [0, 0.05) is 37.7 Å². The molecule has 1 aromatic rings. The molecule has 4 rings (SSSR count). The minimum atomic E-state index is 0.0416. The molecule has 23 heavy (non-hydrogen) atoms. The molecule has 3 atom stereocenters. The Balaban J connectivity index is 1.44. The van der Waals surface area contributed by atoms with E-state index < -0.39 is 0 Å². The van der Waals surface area contributed by atoms with E-state index in [0.29, 0.717) is 30.4 Å². The van der Waals surface area contributed by atoms with Crippen molar-refractivity contribution in [2.24, 2.45) is 5.16 Å². The molecular weight excluding hydrogens is 294 g/mol. The molecule has 3 unspecified atom stereocenters. The Morgan fingerprint density at radius 2 is 2.22 bits per heavy atom. The molecule has 0 aromatic carbocycles. The molecule has 2 fully saturated rings. The summed E-state index contributed by atoms with van der Waals surface area (Å²) in [4.78, 5) is 19.0. The first kappa shape index (κ1) is 14.5. The van der Waals surface area contributed by atoms with Gasteiger partial charge in [-0.1, -0.05) is 5.16 Å². The molecule has 3 aliphatic heterocycles. The number of anilines is 3. The van der Waals surface area contributed by atoms with Gasteiger partial charge in [0.1, 0.15) is 17.7 Å². The first-order valence-corrected chi connectivity index (χ1v) is 8.13. The highest BCUT2D eigenvalue weighted by molar-refractivity contribution is 5.82. The standard InChI is InChI=1S/C15H23N7O/c1-9-3-12(23-20-9)6-17-15-18-13(16)5-14(19-15)22-8-10-4-11(22)7-21(10)2/h5,10-12H,3-4,6-8H2,1-2H3,(H3,16,17,18,19). The van der Waals surface area contributed by atoms with Crippen molar-refractivity contribution in [3.05, 3.63) is 6.07 Å². The molecule has 3 aliphatic rings. The van der Waals surface area contributed by atoms with Crippen LogP contribution >= 0.6 is 0 Å². The SMILES string of the molecule is CC1=NOC(CNc2nc(N)cc(N3CC4CC3CN4C)n2)C1. The van der Waals surface area contributed by atoms with Gasteiger partial charge in [0.05, 0.1) is 12.3 Å². The van der Waals surface area contributed by atoms with E-state index in [0.717, 1.165) is 31.0 Å². The van der Waals surface area contributed by atoms with E-state index in [-0.39, 0.29) is 6.10 Å². The molecule has 2 bridgehead atoms. The number of nitrogens with zero attached hydrogens (tertiary/aromatic N) is 5. The Morgan fingerprint density at radius 1 is 1.35 bits per heavy atom. The van der Waals surface area contributed by atoms with E-state index in [2.05, 4.69) is 37.3 Å². The zero-order valence-electron chi connectivity index (χ0n) is 13.6. The number of hydrogen-bond donors (Lipinski definition) is 2. The maximum Gasteiger partial charge on any atom is 0.226 e. The van der Waals surface area contributed by atoms with Crippen molar-refractivity contribution in [3.8, 4) is 0 Å². The molecule has 2 saturated heterocycles. The Labute approximate surface area is 135 Å². The van der Waals surface area contributed by atoms with Gasteiger partial charge in [-0.15, -0.1) is 0 Å². The Bertz CT molecular complexity index is 632. The van der Waals surface area contributed by atoms with Crippen LogP contribution in [0, 0.1) is 0 Å². The summed E-state index contributed by atoms with van der Waals surface area (Å²) in [5, 5.41) is 7.19. The van der Waals surface area contributed by atoms with E-state index in [9.17, 15) is 0 Å². The van der Waals surface area contributed by atoms with Gasteiger partial charge in [-0.05, 0) is 20.4 Å². The predicted octanol–water partition coefficient (Wildman–Crippen LogP) is 0.528. The normalized spacial score (nSPS) is 29.7. The van der Waals surface area contributed by atoms with Gasteiger partial charge in [0.15, 0.2) is 0 Å². The average molecular weight is 317 g/mol. The number of likely N-dealkylation sites (tertiary alicyclic amines) is 1. The van der Waals surface area contributed by atoms with Crippen LogP contribution in [0.2, 0.25) is 0 Å². The Morgan fingerprint density at radius 3 is 2.87 bits per heavy atom. The van der Waals surface area contributed by atoms with E-state index in [1.165, 1.54) is 6.42 Å². The molecule has 0 spiro atoms. The fraction of sp³-hybridized carbons (Fsp3) is 0.667. The van der Waals surface area contributed by atoms with Crippen molar-refractivity contribution in [1.29, 1.82) is 0 Å². The minimum Gasteiger partial charge on any atom is -0.390 e. The molecular formula is C15H23N7O. The van der Waals surface area contributed by atoms with Crippen molar-refractivity contribution < 1.29 is 4.84 Å². The van der Waals surface area contributed by atoms with Crippen molar-refractivity contribution in [2.75, 3.05) is 42.6 Å². The lowest BCUT2D eigenvalue weighted by Crippen LogP contribution is -2.45. The minimum absolute atomic E-state index is 0.0416. The van der Waals surface area contributed by atoms with Crippen LogP contribution in [0.1, 0.15) is 19.8 Å². The molecule has 0 saturated carbocycles. The van der Waals surface area contributed by atoms with E-state index in [4.69, 9.17) is 10.6 Å². The molecule has 3 N–H and O–H groups in total. The monoisotopic (exact) mass is 317 g/mol. The lowest BCUT2D eigenvalue weighted by Gasteiger charge is -2.32. The zero-order chi connectivity index (χ0) is 16.0. The van der Waals surface area contributed by atoms with Crippen LogP contribution < -0.4 is 16.0 Å². The van der Waals surface area contributed by atoms with E-state index in [1.54, 1.807) is 0 Å². The summed E-state index contributed by atoms with van der Waals surface area (Å²) in [5.74, 6) is 1.97. The second-order valence-corrected chi connectivity index (χ2v) is 6.75. The van der Waals surface area contributed by atoms with Gasteiger partial charge in [-0.25, -0.2) is 0 Å². The van der Waals surface area contributed by atoms with Crippen molar-refractivity contribution in [2.45, 2.75) is 38.0 Å². The van der Waals surface area contributed by atoms with Crippen LogP contribution in [0.15, 0.2) is 11.2 Å². The first-order valence-electron chi connectivity index (χ1n) is 8.13. The van der Waals surface area contributed by atoms with E-state index >= 15 is 0 Å². The first-order chi connectivity index (χ1) is 11.1. The van der Waals surface area contributed by atoms with Crippen LogP contribution in [0.25, 0.3) is 0 Å². The van der Waals surface area contributed by atoms with Crippen LogP contribution in [0.4, 0.5) is 17.6 Å². The van der Waals surface area contributed by atoms with Gasteiger partial charge in [0.25, 0.3) is 0 Å². The quantitative estimate of drug-likeness (QED) is 0.837. The van der Waals surface area contributed by atoms with Crippen molar-refractivity contribution in [3.63, 3.8) is 0 Å². The predicted molar refractivity (Wildman–Crippen MR) is 89.7 cm³/mol. The van der Waals surface area contributed by atoms with Crippen LogP contribution in [0.5, 0.6) is 0 Å². The third kappa shape index (κ3) is 2.78. The topological polar surface area (TPSA) is 91.9 Å². The number of fused-ring (bicyclic) bond motifs is 2. The zero-order valence-corrected chi connectivity index (χ0v) is 13.6. The Kier molecular flexibility index (Phi) is 3.48. The third-order valence-electron chi connectivity index (χ3n) is 4.91. The highest BCUT2D eigenvalue weighted by Gasteiger charge is 2.42. The number of nitrogens with one attached hydrogen (secondary N) is 1. The number of rotatable bonds is 4. The van der Waals surface area contributed by atoms with Crippen LogP contribution in [-0.2, 0) is 4.84 Å². The van der Waals surface area contributed by atoms with Gasteiger partial charge >= 0.3 is 0 Å². The van der Waals surface area contributed by atoms with Crippen molar-refractivity contribution >= 4 is 23.3 Å². The summed E-state index contributed by atoms with van der Waals surface area (Å²) in [6, 6.07) is 3.02. The highest BCUT2D eigenvalue weighted by Crippen LogP contribution is 2.33.